The molecule has 2 N–H and O–H groups in total. The highest BCUT2D eigenvalue weighted by Crippen LogP contribution is 2.35. The van der Waals surface area contributed by atoms with E-state index in [0.717, 1.165) is 0 Å². The summed E-state index contributed by atoms with van der Waals surface area (Å²) in [4.78, 5) is 10.3. The van der Waals surface area contributed by atoms with Crippen LogP contribution >= 0.6 is 0 Å². The molecule has 0 aliphatic carbocycles. The van der Waals surface area contributed by atoms with Gasteiger partial charge in [-0.2, -0.15) is 8.78 Å². The Morgan fingerprint density at radius 2 is 2.06 bits per heavy atom. The number of carboxylic acid groups (broad SMARTS) is 1. The molecule has 2 atom stereocenters. The maximum Gasteiger partial charge on any atom is 0.377 e. The molecule has 0 aromatic heterocycles. The second-order valence-corrected chi connectivity index (χ2v) is 3.96. The Labute approximate surface area is 97.3 Å². The van der Waals surface area contributed by atoms with Crippen LogP contribution in [0.25, 0.3) is 0 Å². The minimum Gasteiger partial charge on any atom is -0.477 e. The summed E-state index contributed by atoms with van der Waals surface area (Å²) in [5.74, 6) is -7.62. The minimum atomic E-state index is -4.24. The molecule has 1 heterocycles. The fourth-order valence-corrected chi connectivity index (χ4v) is 1.71. The lowest BCUT2D eigenvalue weighted by Crippen LogP contribution is -2.49. The molecule has 0 bridgehead atoms. The molecule has 5 nitrogen and oxygen atoms in total. The first kappa shape index (κ1) is 14.3. The summed E-state index contributed by atoms with van der Waals surface area (Å²) in [6, 6.07) is 0. The molecule has 1 rings (SSSR count). The van der Waals surface area contributed by atoms with Crippen molar-refractivity contribution in [1.82, 2.24) is 0 Å². The number of aliphatic hydroxyl groups is 1. The molecular weight excluding hydrogens is 238 g/mol. The number of carboxylic acids is 1. The number of carbonyl (C=O) groups is 1. The fourth-order valence-electron chi connectivity index (χ4n) is 1.71. The normalized spacial score (nSPS) is 25.8. The van der Waals surface area contributed by atoms with Gasteiger partial charge >= 0.3 is 11.9 Å². The van der Waals surface area contributed by atoms with Crippen LogP contribution in [0.2, 0.25) is 0 Å². The Balaban J connectivity index is 2.75. The van der Waals surface area contributed by atoms with Gasteiger partial charge in [-0.05, 0) is 12.8 Å². The molecule has 2 unspecified atom stereocenters. The molecule has 0 radical (unpaired) electrons. The Morgan fingerprint density at radius 3 is 2.41 bits per heavy atom. The van der Waals surface area contributed by atoms with E-state index in [0.29, 0.717) is 12.8 Å². The van der Waals surface area contributed by atoms with Gasteiger partial charge < -0.3 is 19.7 Å². The van der Waals surface area contributed by atoms with Crippen molar-refractivity contribution in [2.45, 2.75) is 50.6 Å². The van der Waals surface area contributed by atoms with Crippen molar-refractivity contribution in [2.24, 2.45) is 0 Å². The molecule has 1 aliphatic heterocycles. The summed E-state index contributed by atoms with van der Waals surface area (Å²) in [7, 11) is 0. The molecule has 0 saturated carbocycles. The summed E-state index contributed by atoms with van der Waals surface area (Å²) < 4.78 is 36.6. The van der Waals surface area contributed by atoms with E-state index in [9.17, 15) is 18.7 Å². The Bertz CT molecular complexity index is 290. The topological polar surface area (TPSA) is 76.0 Å². The third-order valence-corrected chi connectivity index (χ3v) is 2.96. The molecule has 0 amide bonds. The number of hydrogen-bond donors (Lipinski definition) is 2. The van der Waals surface area contributed by atoms with Crippen molar-refractivity contribution < 1.29 is 33.3 Å². The quantitative estimate of drug-likeness (QED) is 0.765. The Hall–Kier alpha value is -0.790. The third kappa shape index (κ3) is 2.56. The average Bonchev–Trinajstić information content (AvgIpc) is 2.72. The van der Waals surface area contributed by atoms with E-state index in [-0.39, 0.29) is 6.61 Å². The van der Waals surface area contributed by atoms with E-state index in [2.05, 4.69) is 0 Å². The number of aliphatic hydroxyl groups excluding tert-OH is 1. The summed E-state index contributed by atoms with van der Waals surface area (Å²) in [6.45, 7) is 3.27. The second-order valence-electron chi connectivity index (χ2n) is 3.96. The summed E-state index contributed by atoms with van der Waals surface area (Å²) in [5.41, 5.74) is 0. The van der Waals surface area contributed by atoms with Crippen LogP contribution < -0.4 is 0 Å². The monoisotopic (exact) mass is 254 g/mol. The first-order valence-corrected chi connectivity index (χ1v) is 5.40. The van der Waals surface area contributed by atoms with E-state index in [1.807, 2.05) is 0 Å². The highest BCUT2D eigenvalue weighted by atomic mass is 19.3. The van der Waals surface area contributed by atoms with Gasteiger partial charge in [0.2, 0.25) is 0 Å². The van der Waals surface area contributed by atoms with Crippen LogP contribution in [-0.4, -0.2) is 46.7 Å². The first-order chi connectivity index (χ1) is 7.79. The standard InChI is InChI=1S/C10H16F2O5/c1-3-9(4-2)16-5-6(17-9)7(13)10(11,12)8(14)15/h6-7,13H,3-5H2,1-2H3,(H,14,15). The van der Waals surface area contributed by atoms with Gasteiger partial charge in [0, 0.05) is 0 Å². The van der Waals surface area contributed by atoms with Crippen molar-refractivity contribution in [3.63, 3.8) is 0 Å². The van der Waals surface area contributed by atoms with Gasteiger partial charge in [-0.3, -0.25) is 0 Å². The number of aliphatic carboxylic acids is 1. The molecule has 1 aliphatic rings. The smallest absolute Gasteiger partial charge is 0.377 e. The Kier molecular flexibility index (Phi) is 4.06. The van der Waals surface area contributed by atoms with Gasteiger partial charge in [0.05, 0.1) is 6.61 Å². The van der Waals surface area contributed by atoms with E-state index in [1.54, 1.807) is 13.8 Å². The molecule has 17 heavy (non-hydrogen) atoms. The van der Waals surface area contributed by atoms with Crippen LogP contribution in [0, 0.1) is 0 Å². The van der Waals surface area contributed by atoms with E-state index in [1.165, 1.54) is 0 Å². The zero-order valence-corrected chi connectivity index (χ0v) is 9.65. The Morgan fingerprint density at radius 1 is 1.53 bits per heavy atom. The van der Waals surface area contributed by atoms with Gasteiger partial charge in [0.1, 0.15) is 6.10 Å². The molecule has 1 saturated heterocycles. The lowest BCUT2D eigenvalue weighted by Gasteiger charge is -2.27. The lowest BCUT2D eigenvalue weighted by atomic mass is 10.1. The van der Waals surface area contributed by atoms with Gasteiger partial charge in [0.15, 0.2) is 11.9 Å². The molecule has 0 aromatic rings. The molecule has 1 fully saturated rings. The van der Waals surface area contributed by atoms with Crippen LogP contribution in [0.15, 0.2) is 0 Å². The number of hydrogen-bond acceptors (Lipinski definition) is 4. The first-order valence-electron chi connectivity index (χ1n) is 5.40. The van der Waals surface area contributed by atoms with E-state index >= 15 is 0 Å². The van der Waals surface area contributed by atoms with Gasteiger partial charge in [-0.1, -0.05) is 13.8 Å². The molecular formula is C10H16F2O5. The maximum atomic E-state index is 13.1. The van der Waals surface area contributed by atoms with Crippen LogP contribution in [0.4, 0.5) is 8.78 Å². The number of halogens is 2. The SMILES string of the molecule is CCC1(CC)OCC(C(O)C(F)(F)C(=O)O)O1. The zero-order valence-electron chi connectivity index (χ0n) is 9.65. The highest BCUT2D eigenvalue weighted by molar-refractivity contribution is 5.76. The van der Waals surface area contributed by atoms with Gasteiger partial charge in [-0.15, -0.1) is 0 Å². The van der Waals surface area contributed by atoms with Crippen LogP contribution in [-0.2, 0) is 14.3 Å². The van der Waals surface area contributed by atoms with Crippen molar-refractivity contribution in [3.8, 4) is 0 Å². The van der Waals surface area contributed by atoms with E-state index < -0.39 is 29.9 Å². The van der Waals surface area contributed by atoms with Crippen molar-refractivity contribution >= 4 is 5.97 Å². The predicted octanol–water partition coefficient (Wildman–Crippen LogP) is 0.999. The fraction of sp³-hybridized carbons (Fsp3) is 0.900. The largest absolute Gasteiger partial charge is 0.477 e. The average molecular weight is 254 g/mol. The third-order valence-electron chi connectivity index (χ3n) is 2.96. The van der Waals surface area contributed by atoms with Crippen molar-refractivity contribution in [1.29, 1.82) is 0 Å². The van der Waals surface area contributed by atoms with Crippen LogP contribution in [0.1, 0.15) is 26.7 Å². The summed E-state index contributed by atoms with van der Waals surface area (Å²) >= 11 is 0. The molecule has 100 valence electrons. The zero-order chi connectivity index (χ0) is 13.3. The van der Waals surface area contributed by atoms with Crippen molar-refractivity contribution in [3.05, 3.63) is 0 Å². The molecule has 0 spiro atoms. The number of ether oxygens (including phenoxy) is 2. The predicted molar refractivity (Wildman–Crippen MR) is 52.7 cm³/mol. The van der Waals surface area contributed by atoms with E-state index in [4.69, 9.17) is 14.6 Å². The van der Waals surface area contributed by atoms with Crippen LogP contribution in [0.3, 0.4) is 0 Å². The van der Waals surface area contributed by atoms with Gasteiger partial charge in [0.25, 0.3) is 0 Å². The maximum absolute atomic E-state index is 13.1. The van der Waals surface area contributed by atoms with Gasteiger partial charge in [-0.25, -0.2) is 4.79 Å². The lowest BCUT2D eigenvalue weighted by molar-refractivity contribution is -0.215. The number of alkyl halides is 2. The number of rotatable bonds is 5. The highest BCUT2D eigenvalue weighted by Gasteiger charge is 2.54. The van der Waals surface area contributed by atoms with Crippen LogP contribution in [0.5, 0.6) is 0 Å². The summed E-state index contributed by atoms with van der Waals surface area (Å²) in [6.07, 6.45) is -2.88. The minimum absolute atomic E-state index is 0.244. The molecule has 7 heteroatoms. The summed E-state index contributed by atoms with van der Waals surface area (Å²) in [5, 5.41) is 17.6. The van der Waals surface area contributed by atoms with Crippen molar-refractivity contribution in [2.75, 3.05) is 6.61 Å². The molecule has 0 aromatic carbocycles. The second kappa shape index (κ2) is 4.83.